The van der Waals surface area contributed by atoms with Crippen LogP contribution in [0.5, 0.6) is 0 Å². The number of hydrogen-bond donors (Lipinski definition) is 3. The Balaban J connectivity index is 1.57. The zero-order chi connectivity index (χ0) is 19.8. The van der Waals surface area contributed by atoms with Crippen LogP contribution in [0.4, 0.5) is 10.1 Å². The zero-order valence-electron chi connectivity index (χ0n) is 16.4. The van der Waals surface area contributed by atoms with E-state index in [1.165, 1.54) is 6.07 Å². The van der Waals surface area contributed by atoms with E-state index >= 15 is 0 Å². The van der Waals surface area contributed by atoms with E-state index in [0.29, 0.717) is 12.6 Å². The van der Waals surface area contributed by atoms with Crippen molar-refractivity contribution in [3.63, 3.8) is 0 Å². The van der Waals surface area contributed by atoms with Crippen molar-refractivity contribution in [3.05, 3.63) is 65.5 Å². The van der Waals surface area contributed by atoms with Crippen molar-refractivity contribution in [1.82, 2.24) is 10.6 Å². The highest BCUT2D eigenvalue weighted by Crippen LogP contribution is 2.20. The number of benzene rings is 2. The van der Waals surface area contributed by atoms with Crippen LogP contribution in [0.2, 0.25) is 0 Å². The van der Waals surface area contributed by atoms with Gasteiger partial charge in [-0.2, -0.15) is 0 Å². The molecule has 0 saturated carbocycles. The molecule has 28 heavy (non-hydrogen) atoms. The van der Waals surface area contributed by atoms with E-state index in [9.17, 15) is 9.50 Å². The molecule has 0 aliphatic carbocycles. The molecule has 1 aliphatic rings. The summed E-state index contributed by atoms with van der Waals surface area (Å²) in [5, 5.41) is 16.3. The number of rotatable bonds is 6. The second kappa shape index (κ2) is 10.1. The molecule has 1 saturated heterocycles. The van der Waals surface area contributed by atoms with Gasteiger partial charge in [0.2, 0.25) is 0 Å². The fourth-order valence-corrected chi connectivity index (χ4v) is 3.50. The maximum absolute atomic E-state index is 13.5. The van der Waals surface area contributed by atoms with Crippen LogP contribution in [0, 0.1) is 5.82 Å². The monoisotopic (exact) mass is 384 g/mol. The number of guanidine groups is 1. The number of piperidine rings is 1. The van der Waals surface area contributed by atoms with E-state index in [-0.39, 0.29) is 12.4 Å². The van der Waals surface area contributed by atoms with Gasteiger partial charge in [-0.15, -0.1) is 0 Å². The summed E-state index contributed by atoms with van der Waals surface area (Å²) in [6, 6.07) is 14.9. The molecule has 1 fully saturated rings. The Hall–Kier alpha value is -2.60. The number of aliphatic hydroxyl groups excluding tert-OH is 1. The molecule has 3 N–H and O–H groups in total. The third-order valence-corrected chi connectivity index (χ3v) is 5.05. The van der Waals surface area contributed by atoms with Crippen molar-refractivity contribution < 1.29 is 9.50 Å². The van der Waals surface area contributed by atoms with Gasteiger partial charge in [0.25, 0.3) is 0 Å². The summed E-state index contributed by atoms with van der Waals surface area (Å²) in [5.41, 5.74) is 2.88. The Morgan fingerprint density at radius 3 is 2.57 bits per heavy atom. The number of aliphatic imine (C=N–C) groups is 1. The minimum atomic E-state index is -0.192. The minimum Gasteiger partial charge on any atom is -0.392 e. The van der Waals surface area contributed by atoms with Crippen LogP contribution in [0.25, 0.3) is 0 Å². The first-order valence-corrected chi connectivity index (χ1v) is 9.92. The van der Waals surface area contributed by atoms with Gasteiger partial charge in [0.1, 0.15) is 5.82 Å². The Kier molecular flexibility index (Phi) is 7.25. The van der Waals surface area contributed by atoms with Crippen LogP contribution in [-0.2, 0) is 13.2 Å². The van der Waals surface area contributed by atoms with E-state index < -0.39 is 0 Å². The summed E-state index contributed by atoms with van der Waals surface area (Å²) < 4.78 is 13.5. The first-order valence-electron chi connectivity index (χ1n) is 9.92. The van der Waals surface area contributed by atoms with Gasteiger partial charge in [-0.05, 0) is 49.1 Å². The first-order chi connectivity index (χ1) is 13.7. The lowest BCUT2D eigenvalue weighted by atomic mass is 10.0. The van der Waals surface area contributed by atoms with Crippen molar-refractivity contribution in [2.24, 2.45) is 4.99 Å². The first kappa shape index (κ1) is 20.1. The third kappa shape index (κ3) is 5.45. The van der Waals surface area contributed by atoms with Crippen LogP contribution in [0.1, 0.15) is 30.9 Å². The molecule has 0 radical (unpaired) electrons. The fourth-order valence-electron chi connectivity index (χ4n) is 3.50. The molecule has 2 aromatic rings. The van der Waals surface area contributed by atoms with Crippen LogP contribution < -0.4 is 15.5 Å². The minimum absolute atomic E-state index is 0.0220. The number of aliphatic hydroxyl groups is 1. The average molecular weight is 384 g/mol. The molecule has 0 bridgehead atoms. The molecule has 1 heterocycles. The summed E-state index contributed by atoms with van der Waals surface area (Å²) in [5.74, 6) is 0.599. The van der Waals surface area contributed by atoms with Gasteiger partial charge in [-0.1, -0.05) is 30.3 Å². The van der Waals surface area contributed by atoms with E-state index in [2.05, 4.69) is 15.5 Å². The molecular formula is C22H29FN4O. The van der Waals surface area contributed by atoms with E-state index in [1.54, 1.807) is 12.1 Å². The quantitative estimate of drug-likeness (QED) is 0.529. The predicted molar refractivity (Wildman–Crippen MR) is 112 cm³/mol. The lowest BCUT2D eigenvalue weighted by molar-refractivity contribution is 0.280. The summed E-state index contributed by atoms with van der Waals surface area (Å²) in [7, 11) is 0. The molecular weight excluding hydrogens is 355 g/mol. The molecule has 0 amide bonds. The maximum Gasteiger partial charge on any atom is 0.191 e. The highest BCUT2D eigenvalue weighted by Gasteiger charge is 2.20. The smallest absolute Gasteiger partial charge is 0.191 e. The molecule has 1 aliphatic heterocycles. The second-order valence-electron chi connectivity index (χ2n) is 7.01. The molecule has 0 spiro atoms. The molecule has 3 rings (SSSR count). The van der Waals surface area contributed by atoms with Crippen molar-refractivity contribution >= 4 is 11.6 Å². The topological polar surface area (TPSA) is 59.9 Å². The number of nitrogens with one attached hydrogen (secondary N) is 2. The standard InChI is InChI=1S/C22H29FN4O/c1-2-24-22(25-15-17-6-3-4-7-18(17)16-28)26-20-10-12-27(13-11-20)21-9-5-8-19(23)14-21/h3-9,14,20,28H,2,10-13,15-16H2,1H3,(H2,24,25,26). The van der Waals surface area contributed by atoms with Crippen LogP contribution in [0.15, 0.2) is 53.5 Å². The molecule has 0 atom stereocenters. The number of nitrogens with zero attached hydrogens (tertiary/aromatic N) is 2. The Bertz CT molecular complexity index is 788. The van der Waals surface area contributed by atoms with Gasteiger partial charge >= 0.3 is 0 Å². The Morgan fingerprint density at radius 1 is 1.14 bits per heavy atom. The van der Waals surface area contributed by atoms with Crippen molar-refractivity contribution in [2.45, 2.75) is 39.0 Å². The predicted octanol–water partition coefficient (Wildman–Crippen LogP) is 3.04. The number of halogens is 1. The normalized spacial score (nSPS) is 15.5. The van der Waals surface area contributed by atoms with E-state index in [1.807, 2.05) is 37.3 Å². The molecule has 5 nitrogen and oxygen atoms in total. The van der Waals surface area contributed by atoms with E-state index in [0.717, 1.165) is 55.2 Å². The van der Waals surface area contributed by atoms with Crippen LogP contribution >= 0.6 is 0 Å². The van der Waals surface area contributed by atoms with Crippen molar-refractivity contribution in [2.75, 3.05) is 24.5 Å². The Morgan fingerprint density at radius 2 is 1.89 bits per heavy atom. The molecule has 6 heteroatoms. The highest BCUT2D eigenvalue weighted by atomic mass is 19.1. The molecule has 0 unspecified atom stereocenters. The van der Waals surface area contributed by atoms with Crippen molar-refractivity contribution in [3.8, 4) is 0 Å². The van der Waals surface area contributed by atoms with Crippen LogP contribution in [0.3, 0.4) is 0 Å². The number of hydrogen-bond acceptors (Lipinski definition) is 3. The van der Waals surface area contributed by atoms with Crippen molar-refractivity contribution in [1.29, 1.82) is 0 Å². The van der Waals surface area contributed by atoms with Gasteiger partial charge in [-0.3, -0.25) is 0 Å². The highest BCUT2D eigenvalue weighted by molar-refractivity contribution is 5.80. The van der Waals surface area contributed by atoms with Gasteiger partial charge in [0.15, 0.2) is 5.96 Å². The van der Waals surface area contributed by atoms with Gasteiger partial charge < -0.3 is 20.6 Å². The Labute approximate surface area is 166 Å². The summed E-state index contributed by atoms with van der Waals surface area (Å²) in [4.78, 5) is 6.92. The average Bonchev–Trinajstić information content (AvgIpc) is 2.73. The molecule has 0 aromatic heterocycles. The fraction of sp³-hybridized carbons (Fsp3) is 0.409. The summed E-state index contributed by atoms with van der Waals surface area (Å²) in [6.45, 7) is 5.14. The SMILES string of the molecule is CCNC(=NCc1ccccc1CO)NC1CCN(c2cccc(F)c2)CC1. The zero-order valence-corrected chi connectivity index (χ0v) is 16.4. The lowest BCUT2D eigenvalue weighted by Gasteiger charge is -2.34. The van der Waals surface area contributed by atoms with Crippen LogP contribution in [-0.4, -0.2) is 36.7 Å². The van der Waals surface area contributed by atoms with E-state index in [4.69, 9.17) is 4.99 Å². The summed E-state index contributed by atoms with van der Waals surface area (Å²) >= 11 is 0. The largest absolute Gasteiger partial charge is 0.392 e. The maximum atomic E-state index is 13.5. The molecule has 2 aromatic carbocycles. The molecule has 150 valence electrons. The lowest BCUT2D eigenvalue weighted by Crippen LogP contribution is -2.48. The van der Waals surface area contributed by atoms with Gasteiger partial charge in [0.05, 0.1) is 13.2 Å². The third-order valence-electron chi connectivity index (χ3n) is 5.05. The summed E-state index contributed by atoms with van der Waals surface area (Å²) in [6.07, 6.45) is 1.93. The second-order valence-corrected chi connectivity index (χ2v) is 7.01. The number of anilines is 1. The van der Waals surface area contributed by atoms with Gasteiger partial charge in [-0.25, -0.2) is 9.38 Å². The van der Waals surface area contributed by atoms with Gasteiger partial charge in [0, 0.05) is 31.4 Å².